The summed E-state index contributed by atoms with van der Waals surface area (Å²) in [5, 5.41) is 0. The van der Waals surface area contributed by atoms with Gasteiger partial charge in [-0.1, -0.05) is 78.0 Å². The second kappa shape index (κ2) is 33.1. The van der Waals surface area contributed by atoms with E-state index in [9.17, 15) is 38.4 Å². The van der Waals surface area contributed by atoms with Crippen molar-refractivity contribution in [3.63, 3.8) is 0 Å². The smallest absolute Gasteiger partial charge is 0.311 e. The molecule has 19 nitrogen and oxygen atoms in total. The SMILES string of the molecule is CCC(C)(C)C(=O)OC1CC(C)C=C2C=CC(C)C(CCC3CC(OC(=O)CCC(=O)OCCOCCOCCOCCOC(=O)CCC(=O)OC4CC(=O)OC(CCC5C(C)C=CC6=CC(C)CC(OC(=O)C(C)(C)CC)[C@H]65)C4)CC(=O)O3)[C@H]21. The lowest BCUT2D eigenvalue weighted by atomic mass is 9.65. The van der Waals surface area contributed by atoms with Gasteiger partial charge >= 0.3 is 47.8 Å². The number of cyclic esters (lactones) is 2. The predicted octanol–water partition coefficient (Wildman–Crippen LogP) is 9.98. The Hall–Kier alpha value is -5.40. The van der Waals surface area contributed by atoms with Gasteiger partial charge in [0.15, 0.2) is 0 Å². The summed E-state index contributed by atoms with van der Waals surface area (Å²) < 4.78 is 62.1. The summed E-state index contributed by atoms with van der Waals surface area (Å²) in [4.78, 5) is 102. The van der Waals surface area contributed by atoms with Gasteiger partial charge in [-0.2, -0.15) is 0 Å². The molecule has 0 N–H and O–H groups in total. The topological polar surface area (TPSA) is 238 Å². The molecule has 19 heteroatoms. The third-order valence-corrected chi connectivity index (χ3v) is 18.0. The van der Waals surface area contributed by atoms with Gasteiger partial charge in [-0.3, -0.25) is 38.4 Å². The molecular formula is C66H98O19. The molecule has 4 aliphatic carbocycles. The number of esters is 8. The van der Waals surface area contributed by atoms with Crippen LogP contribution in [0.5, 0.6) is 0 Å². The third kappa shape index (κ3) is 21.5. The minimum Gasteiger partial charge on any atom is -0.463 e. The molecule has 0 aromatic carbocycles. The quantitative estimate of drug-likeness (QED) is 0.0346. The number of carbonyl (C=O) groups is 8. The van der Waals surface area contributed by atoms with E-state index in [4.69, 9.17) is 52.1 Å². The minimum absolute atomic E-state index is 0.0173. The third-order valence-electron chi connectivity index (χ3n) is 18.0. The first-order valence-electron chi connectivity index (χ1n) is 31.5. The molecule has 6 aliphatic rings. The monoisotopic (exact) mass is 1190 g/mol. The average Bonchev–Trinajstić information content (AvgIpc) is 2.51. The maximum atomic E-state index is 13.2. The fourth-order valence-corrected chi connectivity index (χ4v) is 12.3. The van der Waals surface area contributed by atoms with Gasteiger partial charge in [0.05, 0.1) is 89.0 Å². The molecule has 2 heterocycles. The molecule has 0 amide bonds. The molecule has 0 radical (unpaired) electrons. The molecular weight excluding hydrogens is 1100 g/mol. The van der Waals surface area contributed by atoms with Gasteiger partial charge in [0.25, 0.3) is 0 Å². The average molecular weight is 1200 g/mol. The molecule has 2 aliphatic heterocycles. The van der Waals surface area contributed by atoms with E-state index < -0.39 is 71.1 Å². The first-order chi connectivity index (χ1) is 40.4. The number of allylic oxidation sites excluding steroid dienone is 6. The normalized spacial score (nSPS) is 29.2. The molecule has 476 valence electrons. The van der Waals surface area contributed by atoms with Crippen LogP contribution in [0.3, 0.4) is 0 Å². The van der Waals surface area contributed by atoms with Gasteiger partial charge in [-0.15, -0.1) is 0 Å². The van der Waals surface area contributed by atoms with Crippen molar-refractivity contribution in [3.05, 3.63) is 47.6 Å². The summed E-state index contributed by atoms with van der Waals surface area (Å²) >= 11 is 0. The summed E-state index contributed by atoms with van der Waals surface area (Å²) in [6.07, 6.45) is 15.8. The molecule has 0 bridgehead atoms. The summed E-state index contributed by atoms with van der Waals surface area (Å²) in [7, 11) is 0. The van der Waals surface area contributed by atoms with E-state index >= 15 is 0 Å². The van der Waals surface area contributed by atoms with Crippen molar-refractivity contribution >= 4 is 47.8 Å². The molecule has 14 atom stereocenters. The molecule has 85 heavy (non-hydrogen) atoms. The highest BCUT2D eigenvalue weighted by Gasteiger charge is 2.46. The van der Waals surface area contributed by atoms with Gasteiger partial charge in [-0.05, 0) is 126 Å². The van der Waals surface area contributed by atoms with Crippen LogP contribution in [0.2, 0.25) is 0 Å². The summed E-state index contributed by atoms with van der Waals surface area (Å²) in [6.45, 7) is 21.4. The van der Waals surface area contributed by atoms with E-state index in [1.165, 1.54) is 11.1 Å². The van der Waals surface area contributed by atoms with E-state index in [2.05, 4.69) is 64.2 Å². The number of carbonyl (C=O) groups excluding carboxylic acids is 8. The molecule has 0 spiro atoms. The van der Waals surface area contributed by atoms with Crippen LogP contribution in [0, 0.1) is 58.2 Å². The van der Waals surface area contributed by atoms with Crippen LogP contribution in [0.15, 0.2) is 47.6 Å². The predicted molar refractivity (Wildman–Crippen MR) is 311 cm³/mol. The molecule has 12 unspecified atom stereocenters. The largest absolute Gasteiger partial charge is 0.463 e. The molecule has 0 saturated carbocycles. The highest BCUT2D eigenvalue weighted by atomic mass is 16.6. The van der Waals surface area contributed by atoms with Crippen molar-refractivity contribution in [1.29, 1.82) is 0 Å². The zero-order valence-corrected chi connectivity index (χ0v) is 52.3. The molecule has 0 aromatic heterocycles. The molecule has 2 fully saturated rings. The van der Waals surface area contributed by atoms with Crippen molar-refractivity contribution in [2.24, 2.45) is 58.2 Å². The minimum atomic E-state index is -0.664. The Morgan fingerprint density at radius 1 is 0.482 bits per heavy atom. The second-order valence-corrected chi connectivity index (χ2v) is 25.7. The van der Waals surface area contributed by atoms with Crippen LogP contribution >= 0.6 is 0 Å². The lowest BCUT2D eigenvalue weighted by Gasteiger charge is -2.44. The van der Waals surface area contributed by atoms with Gasteiger partial charge in [0, 0.05) is 24.7 Å². The van der Waals surface area contributed by atoms with Gasteiger partial charge in [-0.25, -0.2) is 0 Å². The maximum Gasteiger partial charge on any atom is 0.311 e. The molecule has 6 rings (SSSR count). The summed E-state index contributed by atoms with van der Waals surface area (Å²) in [6, 6.07) is 0. The van der Waals surface area contributed by atoms with Crippen molar-refractivity contribution in [2.45, 2.75) is 209 Å². The second-order valence-electron chi connectivity index (χ2n) is 25.7. The zero-order chi connectivity index (χ0) is 61.8. The first kappa shape index (κ1) is 68.7. The van der Waals surface area contributed by atoms with Crippen LogP contribution in [-0.4, -0.2) is 137 Å². The maximum absolute atomic E-state index is 13.2. The highest BCUT2D eigenvalue weighted by molar-refractivity contribution is 5.79. The van der Waals surface area contributed by atoms with Crippen molar-refractivity contribution in [2.75, 3.05) is 52.9 Å². The Balaban J connectivity index is 0.754. The standard InChI is InChI=1S/C66H98O19/c1-11-65(7,8)63(73)84-53-35-41(3)33-45-15-13-43(5)51(61(45)53)19-17-47-37-49(39-59(71)80-47)82-57(69)23-21-55(67)78-31-29-76-27-25-75-26-28-77-30-32-79-56(68)22-24-58(70)83-50-38-48(81-60(72)40-50)18-20-52-44(6)14-16-46-34-42(4)36-54(62(46)52)85-64(74)66(9,10)12-2/h13-16,33-34,41-44,47-54,61-62H,11-12,17-32,35-40H2,1-10H3/t41?,42?,43?,44?,47?,48?,49?,50?,51?,52?,53?,54?,61-,62+. The van der Waals surface area contributed by atoms with Crippen molar-refractivity contribution in [1.82, 2.24) is 0 Å². The fourth-order valence-electron chi connectivity index (χ4n) is 12.3. The van der Waals surface area contributed by atoms with E-state index in [0.717, 1.165) is 25.7 Å². The van der Waals surface area contributed by atoms with Gasteiger partial charge in [0.1, 0.15) is 49.8 Å². The Bertz CT molecular complexity index is 2240. The fraction of sp³-hybridized carbons (Fsp3) is 0.758. The Morgan fingerprint density at radius 2 is 0.835 bits per heavy atom. The first-order valence-corrected chi connectivity index (χ1v) is 31.5. The Kier molecular flexibility index (Phi) is 26.7. The number of fused-ring (bicyclic) bond motifs is 2. The Labute approximate surface area is 503 Å². The zero-order valence-electron chi connectivity index (χ0n) is 52.3. The molecule has 0 aromatic rings. The van der Waals surface area contributed by atoms with Crippen LogP contribution in [0.1, 0.15) is 172 Å². The highest BCUT2D eigenvalue weighted by Crippen LogP contribution is 2.48. The summed E-state index contributed by atoms with van der Waals surface area (Å²) in [5.41, 5.74) is 1.21. The van der Waals surface area contributed by atoms with Crippen LogP contribution in [-0.2, 0) is 90.5 Å². The van der Waals surface area contributed by atoms with E-state index in [0.29, 0.717) is 38.5 Å². The molecule has 2 saturated heterocycles. The number of hydrogen-bond donors (Lipinski definition) is 0. The summed E-state index contributed by atoms with van der Waals surface area (Å²) in [5.74, 6) is -2.25. The van der Waals surface area contributed by atoms with Crippen molar-refractivity contribution < 1.29 is 90.5 Å². The van der Waals surface area contributed by atoms with Crippen LogP contribution < -0.4 is 0 Å². The van der Waals surface area contributed by atoms with E-state index in [-0.39, 0.29) is 163 Å². The lowest BCUT2D eigenvalue weighted by molar-refractivity contribution is -0.172. The number of rotatable bonds is 32. The number of ether oxygens (including phenoxy) is 11. The van der Waals surface area contributed by atoms with Crippen LogP contribution in [0.25, 0.3) is 0 Å². The van der Waals surface area contributed by atoms with Gasteiger partial charge < -0.3 is 52.1 Å². The Morgan fingerprint density at radius 3 is 1.20 bits per heavy atom. The number of hydrogen-bond acceptors (Lipinski definition) is 19. The van der Waals surface area contributed by atoms with Gasteiger partial charge in [0.2, 0.25) is 0 Å². The van der Waals surface area contributed by atoms with Crippen LogP contribution in [0.4, 0.5) is 0 Å². The lowest BCUT2D eigenvalue weighted by Crippen LogP contribution is -2.43. The van der Waals surface area contributed by atoms with E-state index in [1.807, 2.05) is 41.5 Å². The van der Waals surface area contributed by atoms with Crippen molar-refractivity contribution in [3.8, 4) is 0 Å². The van der Waals surface area contributed by atoms with E-state index in [1.54, 1.807) is 0 Å².